The van der Waals surface area contributed by atoms with Gasteiger partial charge in [0.25, 0.3) is 0 Å². The Hall–Kier alpha value is -1.95. The number of hydrogen-bond acceptors (Lipinski definition) is 4. The van der Waals surface area contributed by atoms with Crippen molar-refractivity contribution in [1.82, 2.24) is 15.3 Å². The fourth-order valence-corrected chi connectivity index (χ4v) is 3.33. The normalized spacial score (nSPS) is 17.2. The minimum Gasteiger partial charge on any atom is -0.349 e. The largest absolute Gasteiger partial charge is 0.349 e. The SMILES string of the molecule is O=C(CCc1nccs1)NC1CCCc2[nH]c(=O)ccc21. The number of hydrogen-bond donors (Lipinski definition) is 2. The Morgan fingerprint density at radius 3 is 3.19 bits per heavy atom. The summed E-state index contributed by atoms with van der Waals surface area (Å²) >= 11 is 1.57. The van der Waals surface area contributed by atoms with Gasteiger partial charge in [0, 0.05) is 36.2 Å². The zero-order valence-electron chi connectivity index (χ0n) is 11.6. The molecule has 0 saturated carbocycles. The maximum atomic E-state index is 12.1. The Morgan fingerprint density at radius 1 is 1.48 bits per heavy atom. The summed E-state index contributed by atoms with van der Waals surface area (Å²) in [6.45, 7) is 0. The number of nitrogens with zero attached hydrogens (tertiary/aromatic N) is 1. The summed E-state index contributed by atoms with van der Waals surface area (Å²) in [6.07, 6.45) is 5.65. The lowest BCUT2D eigenvalue weighted by molar-refractivity contribution is -0.121. The van der Waals surface area contributed by atoms with E-state index in [0.29, 0.717) is 12.8 Å². The summed E-state index contributed by atoms with van der Waals surface area (Å²) in [5.41, 5.74) is 1.92. The molecular formula is C15H17N3O2S. The molecule has 1 atom stereocenters. The third-order valence-electron chi connectivity index (χ3n) is 3.72. The van der Waals surface area contributed by atoms with E-state index in [1.807, 2.05) is 11.4 Å². The number of aromatic nitrogens is 2. The quantitative estimate of drug-likeness (QED) is 0.906. The maximum absolute atomic E-state index is 12.1. The van der Waals surface area contributed by atoms with Crippen LogP contribution in [-0.2, 0) is 17.6 Å². The average Bonchev–Trinajstić information content (AvgIpc) is 2.98. The van der Waals surface area contributed by atoms with E-state index in [0.717, 1.165) is 35.5 Å². The highest BCUT2D eigenvalue weighted by Gasteiger charge is 2.22. The summed E-state index contributed by atoms with van der Waals surface area (Å²) < 4.78 is 0. The first-order valence-electron chi connectivity index (χ1n) is 7.12. The number of thiazole rings is 1. The number of amides is 1. The lowest BCUT2D eigenvalue weighted by atomic mass is 9.91. The van der Waals surface area contributed by atoms with Crippen LogP contribution < -0.4 is 10.9 Å². The van der Waals surface area contributed by atoms with Gasteiger partial charge in [-0.15, -0.1) is 11.3 Å². The molecule has 5 nitrogen and oxygen atoms in total. The predicted octanol–water partition coefficient (Wildman–Crippen LogP) is 1.96. The summed E-state index contributed by atoms with van der Waals surface area (Å²) in [4.78, 5) is 30.5. The molecule has 2 aromatic heterocycles. The van der Waals surface area contributed by atoms with E-state index in [9.17, 15) is 9.59 Å². The van der Waals surface area contributed by atoms with Crippen molar-refractivity contribution >= 4 is 17.2 Å². The molecule has 0 spiro atoms. The Bertz CT molecular complexity index is 678. The Balaban J connectivity index is 1.63. The molecule has 0 aliphatic heterocycles. The number of aryl methyl sites for hydroxylation is 2. The molecule has 110 valence electrons. The van der Waals surface area contributed by atoms with E-state index >= 15 is 0 Å². The van der Waals surface area contributed by atoms with Gasteiger partial charge in [0.05, 0.1) is 11.0 Å². The van der Waals surface area contributed by atoms with Crippen molar-refractivity contribution in [2.45, 2.75) is 38.1 Å². The standard InChI is InChI=1S/C15H17N3O2S/c19-13-5-4-10-11(17-13)2-1-3-12(10)18-14(20)6-7-15-16-8-9-21-15/h4-5,8-9,12H,1-3,6-7H2,(H,17,19)(H,18,20). The third-order valence-corrected chi connectivity index (χ3v) is 4.56. The van der Waals surface area contributed by atoms with Crippen LogP contribution >= 0.6 is 11.3 Å². The highest BCUT2D eigenvalue weighted by Crippen LogP contribution is 2.27. The van der Waals surface area contributed by atoms with Gasteiger partial charge in [0.15, 0.2) is 0 Å². The summed E-state index contributed by atoms with van der Waals surface area (Å²) in [5.74, 6) is 0.0363. The molecule has 3 rings (SSSR count). The monoisotopic (exact) mass is 303 g/mol. The molecule has 1 aliphatic carbocycles. The van der Waals surface area contributed by atoms with Crippen molar-refractivity contribution in [2.24, 2.45) is 0 Å². The first-order valence-corrected chi connectivity index (χ1v) is 8.00. The molecule has 2 heterocycles. The van der Waals surface area contributed by atoms with Crippen LogP contribution in [-0.4, -0.2) is 15.9 Å². The second-order valence-electron chi connectivity index (χ2n) is 5.19. The zero-order chi connectivity index (χ0) is 14.7. The van der Waals surface area contributed by atoms with Gasteiger partial charge in [0.1, 0.15) is 0 Å². The molecule has 0 radical (unpaired) electrons. The lowest BCUT2D eigenvalue weighted by Gasteiger charge is -2.25. The van der Waals surface area contributed by atoms with Gasteiger partial charge >= 0.3 is 0 Å². The van der Waals surface area contributed by atoms with Crippen molar-refractivity contribution < 1.29 is 4.79 Å². The second kappa shape index (κ2) is 6.22. The van der Waals surface area contributed by atoms with Crippen LogP contribution in [0.1, 0.15) is 41.6 Å². The third kappa shape index (κ3) is 3.39. The lowest BCUT2D eigenvalue weighted by Crippen LogP contribution is -2.32. The molecule has 2 N–H and O–H groups in total. The van der Waals surface area contributed by atoms with Gasteiger partial charge < -0.3 is 10.3 Å². The van der Waals surface area contributed by atoms with E-state index in [1.54, 1.807) is 17.5 Å². The number of fused-ring (bicyclic) bond motifs is 1. The number of carbonyl (C=O) groups excluding carboxylic acids is 1. The highest BCUT2D eigenvalue weighted by molar-refractivity contribution is 7.09. The molecule has 1 aliphatic rings. The zero-order valence-corrected chi connectivity index (χ0v) is 12.4. The fraction of sp³-hybridized carbons (Fsp3) is 0.400. The van der Waals surface area contributed by atoms with Gasteiger partial charge in [-0.2, -0.15) is 0 Å². The van der Waals surface area contributed by atoms with Gasteiger partial charge in [-0.25, -0.2) is 4.98 Å². The first kappa shape index (κ1) is 14.0. The minimum atomic E-state index is -0.0792. The smallest absolute Gasteiger partial charge is 0.248 e. The van der Waals surface area contributed by atoms with Crippen molar-refractivity contribution in [2.75, 3.05) is 0 Å². The van der Waals surface area contributed by atoms with Crippen LogP contribution in [0.15, 0.2) is 28.5 Å². The van der Waals surface area contributed by atoms with Gasteiger partial charge in [-0.05, 0) is 30.9 Å². The van der Waals surface area contributed by atoms with Crippen LogP contribution in [0.4, 0.5) is 0 Å². The molecule has 21 heavy (non-hydrogen) atoms. The number of carbonyl (C=O) groups is 1. The van der Waals surface area contributed by atoms with E-state index in [-0.39, 0.29) is 17.5 Å². The number of nitrogens with one attached hydrogen (secondary N) is 2. The predicted molar refractivity (Wildman–Crippen MR) is 81.3 cm³/mol. The summed E-state index contributed by atoms with van der Waals surface area (Å²) in [7, 11) is 0. The van der Waals surface area contributed by atoms with Crippen LogP contribution in [0.3, 0.4) is 0 Å². The summed E-state index contributed by atoms with van der Waals surface area (Å²) in [5, 5.41) is 5.98. The minimum absolute atomic E-state index is 0.00870. The molecule has 0 bridgehead atoms. The van der Waals surface area contributed by atoms with Crippen molar-refractivity contribution in [1.29, 1.82) is 0 Å². The molecule has 1 amide bonds. The van der Waals surface area contributed by atoms with Gasteiger partial charge in [-0.3, -0.25) is 9.59 Å². The van der Waals surface area contributed by atoms with E-state index in [2.05, 4.69) is 15.3 Å². The van der Waals surface area contributed by atoms with Crippen LogP contribution in [0.5, 0.6) is 0 Å². The van der Waals surface area contributed by atoms with Crippen molar-refractivity contribution in [3.8, 4) is 0 Å². The van der Waals surface area contributed by atoms with Gasteiger partial charge in [0.2, 0.25) is 11.5 Å². The number of aromatic amines is 1. The number of pyridine rings is 1. The highest BCUT2D eigenvalue weighted by atomic mass is 32.1. The molecular weight excluding hydrogens is 286 g/mol. The van der Waals surface area contributed by atoms with E-state index in [4.69, 9.17) is 0 Å². The van der Waals surface area contributed by atoms with Crippen molar-refractivity contribution in [3.05, 3.63) is 50.3 Å². The number of rotatable bonds is 4. The van der Waals surface area contributed by atoms with Gasteiger partial charge in [-0.1, -0.05) is 0 Å². The maximum Gasteiger partial charge on any atom is 0.248 e. The number of H-pyrrole nitrogens is 1. The molecule has 0 fully saturated rings. The van der Waals surface area contributed by atoms with Crippen LogP contribution in [0.25, 0.3) is 0 Å². The molecule has 0 saturated heterocycles. The molecule has 0 aromatic carbocycles. The van der Waals surface area contributed by atoms with Crippen LogP contribution in [0.2, 0.25) is 0 Å². The molecule has 2 aromatic rings. The second-order valence-corrected chi connectivity index (χ2v) is 6.17. The first-order chi connectivity index (χ1) is 10.2. The molecule has 1 unspecified atom stereocenters. The average molecular weight is 303 g/mol. The Kier molecular flexibility index (Phi) is 4.15. The fourth-order valence-electron chi connectivity index (χ4n) is 2.71. The van der Waals surface area contributed by atoms with E-state index in [1.165, 1.54) is 6.07 Å². The molecule has 6 heteroatoms. The topological polar surface area (TPSA) is 74.8 Å². The Morgan fingerprint density at radius 2 is 2.38 bits per heavy atom. The summed E-state index contributed by atoms with van der Waals surface area (Å²) in [6, 6.07) is 3.37. The van der Waals surface area contributed by atoms with Crippen LogP contribution in [0, 0.1) is 0 Å². The van der Waals surface area contributed by atoms with Crippen molar-refractivity contribution in [3.63, 3.8) is 0 Å². The van der Waals surface area contributed by atoms with E-state index < -0.39 is 0 Å². The Labute approximate surface area is 126 Å².